The molecule has 0 aliphatic carbocycles. The lowest BCUT2D eigenvalue weighted by atomic mass is 10.3. The van der Waals surface area contributed by atoms with Gasteiger partial charge in [-0.3, -0.25) is 5.21 Å². The van der Waals surface area contributed by atoms with Crippen LogP contribution in [0, 0.1) is 0 Å². The molecule has 17 heavy (non-hydrogen) atoms. The molecule has 96 valence electrons. The van der Waals surface area contributed by atoms with Crippen LogP contribution >= 0.6 is 0 Å². The van der Waals surface area contributed by atoms with Gasteiger partial charge in [0.25, 0.3) is 0 Å². The van der Waals surface area contributed by atoms with Gasteiger partial charge in [-0.05, 0) is 12.1 Å². The summed E-state index contributed by atoms with van der Waals surface area (Å²) in [5, 5.41) is 26.7. The highest BCUT2D eigenvalue weighted by Crippen LogP contribution is 2.12. The summed E-state index contributed by atoms with van der Waals surface area (Å²) in [6.45, 7) is 1.19. The van der Waals surface area contributed by atoms with E-state index in [9.17, 15) is 4.79 Å². The minimum Gasteiger partial charge on any atom is -0.478 e. The number of anilines is 1. The first-order chi connectivity index (χ1) is 8.04. The standard InChI is InChI=1S/C8H9NO4.C2H8N2/c10-7(8(11)12)9(13)6-4-2-1-3-5-6;3-1-2-4/h1-5,7,10,13H,(H,11,12);1-4H2/t7-;/m0./s1. The van der Waals surface area contributed by atoms with Gasteiger partial charge in [-0.25, -0.2) is 9.86 Å². The van der Waals surface area contributed by atoms with Gasteiger partial charge in [0.05, 0.1) is 5.69 Å². The predicted octanol–water partition coefficient (Wildman–Crippen LogP) is -0.811. The Balaban J connectivity index is 0.000000557. The highest BCUT2D eigenvalue weighted by molar-refractivity contribution is 5.75. The number of aliphatic hydroxyl groups is 1. The Hall–Kier alpha value is -1.67. The molecular weight excluding hydrogens is 226 g/mol. The quantitative estimate of drug-likeness (QED) is 0.345. The average Bonchev–Trinajstić information content (AvgIpc) is 2.38. The zero-order chi connectivity index (χ0) is 13.3. The highest BCUT2D eigenvalue weighted by atomic mass is 16.5. The molecule has 0 aromatic heterocycles. The van der Waals surface area contributed by atoms with Crippen LogP contribution in [-0.4, -0.2) is 40.7 Å². The number of rotatable bonds is 4. The van der Waals surface area contributed by atoms with Gasteiger partial charge in [0, 0.05) is 13.1 Å². The third kappa shape index (κ3) is 5.83. The second-order valence-corrected chi connectivity index (χ2v) is 2.97. The number of carboxylic acids is 1. The van der Waals surface area contributed by atoms with Gasteiger partial charge < -0.3 is 21.7 Å². The number of aliphatic carboxylic acids is 1. The van der Waals surface area contributed by atoms with Crippen LogP contribution in [-0.2, 0) is 4.79 Å². The lowest BCUT2D eigenvalue weighted by Gasteiger charge is -2.19. The van der Waals surface area contributed by atoms with Crippen molar-refractivity contribution in [2.24, 2.45) is 11.5 Å². The molecule has 0 aliphatic heterocycles. The Morgan fingerprint density at radius 2 is 1.71 bits per heavy atom. The lowest BCUT2D eigenvalue weighted by molar-refractivity contribution is -0.149. The molecular formula is C10H17N3O4. The molecule has 0 bridgehead atoms. The Labute approximate surface area is 98.8 Å². The summed E-state index contributed by atoms with van der Waals surface area (Å²) in [6, 6.07) is 7.91. The minimum atomic E-state index is -1.94. The highest BCUT2D eigenvalue weighted by Gasteiger charge is 2.20. The summed E-state index contributed by atoms with van der Waals surface area (Å²) >= 11 is 0. The monoisotopic (exact) mass is 243 g/mol. The van der Waals surface area contributed by atoms with Crippen molar-refractivity contribution >= 4 is 11.7 Å². The van der Waals surface area contributed by atoms with E-state index >= 15 is 0 Å². The van der Waals surface area contributed by atoms with Crippen LogP contribution in [0.5, 0.6) is 0 Å². The normalized spacial score (nSPS) is 11.1. The van der Waals surface area contributed by atoms with Gasteiger partial charge in [-0.1, -0.05) is 18.2 Å². The Kier molecular flexibility index (Phi) is 7.65. The number of para-hydroxylation sites is 1. The molecule has 0 amide bonds. The minimum absolute atomic E-state index is 0.220. The number of benzene rings is 1. The first-order valence-electron chi connectivity index (χ1n) is 4.88. The molecule has 0 unspecified atom stereocenters. The first-order valence-corrected chi connectivity index (χ1v) is 4.88. The van der Waals surface area contributed by atoms with Crippen molar-refractivity contribution in [2.75, 3.05) is 18.2 Å². The van der Waals surface area contributed by atoms with Gasteiger partial charge in [0.2, 0.25) is 6.23 Å². The molecule has 7 N–H and O–H groups in total. The van der Waals surface area contributed by atoms with E-state index in [0.717, 1.165) is 0 Å². The first kappa shape index (κ1) is 15.3. The molecule has 7 nitrogen and oxygen atoms in total. The molecule has 1 aromatic carbocycles. The number of hydrogen-bond donors (Lipinski definition) is 5. The van der Waals surface area contributed by atoms with Crippen LogP contribution in [0.4, 0.5) is 5.69 Å². The molecule has 1 rings (SSSR count). The molecule has 0 aliphatic rings. The number of nitrogens with two attached hydrogens (primary N) is 2. The van der Waals surface area contributed by atoms with Crippen LogP contribution in [0.15, 0.2) is 30.3 Å². The largest absolute Gasteiger partial charge is 0.478 e. The van der Waals surface area contributed by atoms with Gasteiger partial charge in [-0.15, -0.1) is 0 Å². The Bertz CT molecular complexity index is 319. The maximum absolute atomic E-state index is 10.3. The predicted molar refractivity (Wildman–Crippen MR) is 62.5 cm³/mol. The number of carbonyl (C=O) groups is 1. The van der Waals surface area contributed by atoms with Gasteiger partial charge in [0.1, 0.15) is 0 Å². The van der Waals surface area contributed by atoms with Crippen molar-refractivity contribution in [1.82, 2.24) is 0 Å². The number of carboxylic acid groups (broad SMARTS) is 1. The van der Waals surface area contributed by atoms with Crippen molar-refractivity contribution in [3.8, 4) is 0 Å². The summed E-state index contributed by atoms with van der Waals surface area (Å²) in [7, 11) is 0. The van der Waals surface area contributed by atoms with Gasteiger partial charge >= 0.3 is 5.97 Å². The van der Waals surface area contributed by atoms with E-state index in [0.29, 0.717) is 13.1 Å². The summed E-state index contributed by atoms with van der Waals surface area (Å²) in [4.78, 5) is 10.3. The SMILES string of the molecule is NCCN.O=C(O)[C@H](O)N(O)c1ccccc1. The maximum atomic E-state index is 10.3. The van der Waals surface area contributed by atoms with Crippen LogP contribution in [0.2, 0.25) is 0 Å². The summed E-state index contributed by atoms with van der Waals surface area (Å²) in [5.74, 6) is -1.51. The van der Waals surface area contributed by atoms with E-state index in [1.165, 1.54) is 12.1 Å². The van der Waals surface area contributed by atoms with Crippen LogP contribution < -0.4 is 16.5 Å². The third-order valence-corrected chi connectivity index (χ3v) is 1.64. The Morgan fingerprint density at radius 3 is 2.06 bits per heavy atom. The zero-order valence-corrected chi connectivity index (χ0v) is 9.23. The molecule has 0 heterocycles. The molecule has 1 aromatic rings. The van der Waals surface area contributed by atoms with Gasteiger partial charge in [0.15, 0.2) is 0 Å². The van der Waals surface area contributed by atoms with Crippen molar-refractivity contribution in [3.05, 3.63) is 30.3 Å². The summed E-state index contributed by atoms with van der Waals surface area (Å²) in [5.41, 5.74) is 10.0. The second-order valence-electron chi connectivity index (χ2n) is 2.97. The van der Waals surface area contributed by atoms with Crippen LogP contribution in [0.1, 0.15) is 0 Å². The average molecular weight is 243 g/mol. The number of hydrogen-bond acceptors (Lipinski definition) is 6. The molecule has 0 saturated heterocycles. The fourth-order valence-electron chi connectivity index (χ4n) is 0.827. The van der Waals surface area contributed by atoms with E-state index in [2.05, 4.69) is 0 Å². The van der Waals surface area contributed by atoms with E-state index in [4.69, 9.17) is 26.9 Å². The van der Waals surface area contributed by atoms with Crippen molar-refractivity contribution in [1.29, 1.82) is 0 Å². The fraction of sp³-hybridized carbons (Fsp3) is 0.300. The van der Waals surface area contributed by atoms with Crippen LogP contribution in [0.3, 0.4) is 0 Å². The molecule has 0 spiro atoms. The zero-order valence-electron chi connectivity index (χ0n) is 9.23. The van der Waals surface area contributed by atoms with E-state index in [1.54, 1.807) is 18.2 Å². The smallest absolute Gasteiger partial charge is 0.356 e. The second kappa shape index (κ2) is 8.48. The lowest BCUT2D eigenvalue weighted by Crippen LogP contribution is -2.38. The topological polar surface area (TPSA) is 133 Å². The van der Waals surface area contributed by atoms with Crippen molar-refractivity contribution in [3.63, 3.8) is 0 Å². The van der Waals surface area contributed by atoms with Crippen LogP contribution in [0.25, 0.3) is 0 Å². The van der Waals surface area contributed by atoms with E-state index < -0.39 is 12.2 Å². The molecule has 1 atom stereocenters. The van der Waals surface area contributed by atoms with E-state index in [-0.39, 0.29) is 10.8 Å². The van der Waals surface area contributed by atoms with Gasteiger partial charge in [-0.2, -0.15) is 0 Å². The number of hydroxylamine groups is 1. The summed E-state index contributed by atoms with van der Waals surface area (Å²) in [6.07, 6.45) is -1.94. The van der Waals surface area contributed by atoms with E-state index in [1.807, 2.05) is 0 Å². The van der Waals surface area contributed by atoms with Crippen molar-refractivity contribution in [2.45, 2.75) is 6.23 Å². The molecule has 0 radical (unpaired) electrons. The fourth-order valence-corrected chi connectivity index (χ4v) is 0.827. The number of nitrogens with zero attached hydrogens (tertiary/aromatic N) is 1. The summed E-state index contributed by atoms with van der Waals surface area (Å²) < 4.78 is 0. The van der Waals surface area contributed by atoms with Crippen molar-refractivity contribution < 1.29 is 20.2 Å². The Morgan fingerprint density at radius 1 is 1.24 bits per heavy atom. The maximum Gasteiger partial charge on any atom is 0.356 e. The molecule has 0 saturated carbocycles. The third-order valence-electron chi connectivity index (χ3n) is 1.64. The molecule has 7 heteroatoms. The molecule has 0 fully saturated rings. The number of aliphatic hydroxyl groups excluding tert-OH is 1.